The van der Waals surface area contributed by atoms with Gasteiger partial charge in [-0.15, -0.1) is 0 Å². The monoisotopic (exact) mass is 364 g/mol. The highest BCUT2D eigenvalue weighted by Crippen LogP contribution is 2.29. The third-order valence-corrected chi connectivity index (χ3v) is 3.86. The first-order chi connectivity index (χ1) is 13.2. The molecule has 7 nitrogen and oxygen atoms in total. The van der Waals surface area contributed by atoms with E-state index in [1.54, 1.807) is 49.8 Å². The van der Waals surface area contributed by atoms with E-state index in [2.05, 4.69) is 20.6 Å². The summed E-state index contributed by atoms with van der Waals surface area (Å²) in [5, 5.41) is 6.01. The number of pyridine rings is 2. The molecule has 0 fully saturated rings. The normalized spacial score (nSPS) is 10.1. The molecule has 138 valence electrons. The lowest BCUT2D eigenvalue weighted by Crippen LogP contribution is -2.13. The van der Waals surface area contributed by atoms with Gasteiger partial charge < -0.3 is 20.1 Å². The maximum atomic E-state index is 12.6. The van der Waals surface area contributed by atoms with Crippen molar-refractivity contribution in [1.29, 1.82) is 0 Å². The van der Waals surface area contributed by atoms with Gasteiger partial charge in [0.15, 0.2) is 0 Å². The van der Waals surface area contributed by atoms with E-state index in [0.29, 0.717) is 35.1 Å². The number of nitrogens with zero attached hydrogens (tertiary/aromatic N) is 2. The molecule has 27 heavy (non-hydrogen) atoms. The number of amides is 1. The molecule has 0 saturated carbocycles. The first kappa shape index (κ1) is 18.2. The molecule has 0 aliphatic heterocycles. The van der Waals surface area contributed by atoms with Crippen molar-refractivity contribution >= 4 is 17.4 Å². The summed E-state index contributed by atoms with van der Waals surface area (Å²) < 4.78 is 10.5. The van der Waals surface area contributed by atoms with E-state index in [-0.39, 0.29) is 5.91 Å². The Labute approximate surface area is 157 Å². The number of hydrogen-bond donors (Lipinski definition) is 2. The van der Waals surface area contributed by atoms with Gasteiger partial charge in [-0.3, -0.25) is 9.78 Å². The molecule has 0 aliphatic rings. The van der Waals surface area contributed by atoms with Gasteiger partial charge in [0.25, 0.3) is 5.91 Å². The van der Waals surface area contributed by atoms with Crippen molar-refractivity contribution in [3.05, 3.63) is 72.2 Å². The molecule has 2 aromatic heterocycles. The summed E-state index contributed by atoms with van der Waals surface area (Å²) in [7, 11) is 3.11. The average molecular weight is 364 g/mol. The molecule has 0 saturated heterocycles. The summed E-state index contributed by atoms with van der Waals surface area (Å²) in [5.74, 6) is 1.50. The number of hydrogen-bond acceptors (Lipinski definition) is 6. The van der Waals surface area contributed by atoms with Crippen LogP contribution >= 0.6 is 0 Å². The third kappa shape index (κ3) is 4.72. The predicted molar refractivity (Wildman–Crippen MR) is 103 cm³/mol. The van der Waals surface area contributed by atoms with E-state index in [0.717, 1.165) is 5.69 Å². The Kier molecular flexibility index (Phi) is 5.84. The Morgan fingerprint density at radius 2 is 1.89 bits per heavy atom. The van der Waals surface area contributed by atoms with Gasteiger partial charge in [0.2, 0.25) is 0 Å². The fourth-order valence-corrected chi connectivity index (χ4v) is 2.45. The van der Waals surface area contributed by atoms with E-state index in [9.17, 15) is 4.79 Å². The Balaban J connectivity index is 1.70. The molecule has 0 spiro atoms. The number of ether oxygens (including phenoxy) is 2. The summed E-state index contributed by atoms with van der Waals surface area (Å²) >= 11 is 0. The first-order valence-corrected chi connectivity index (χ1v) is 8.33. The molecular weight excluding hydrogens is 344 g/mol. The van der Waals surface area contributed by atoms with Crippen molar-refractivity contribution in [1.82, 2.24) is 9.97 Å². The van der Waals surface area contributed by atoms with Gasteiger partial charge in [-0.1, -0.05) is 6.07 Å². The second-order valence-corrected chi connectivity index (χ2v) is 5.62. The molecular formula is C20H20N4O3. The zero-order valence-electron chi connectivity index (χ0n) is 15.1. The summed E-state index contributed by atoms with van der Waals surface area (Å²) in [5.41, 5.74) is 1.92. The van der Waals surface area contributed by atoms with E-state index >= 15 is 0 Å². The maximum absolute atomic E-state index is 12.6. The molecule has 0 atom stereocenters. The summed E-state index contributed by atoms with van der Waals surface area (Å²) in [6, 6.07) is 14.2. The number of anilines is 2. The summed E-state index contributed by atoms with van der Waals surface area (Å²) in [4.78, 5) is 21.1. The standard InChI is InChI=1S/C20H20N4O3/c1-26-16-6-7-17(18(12-16)27-2)24-20(25)14-8-10-22-19(11-14)23-13-15-5-3-4-9-21-15/h3-12H,13H2,1-2H3,(H,22,23)(H,24,25). The number of methoxy groups -OCH3 is 2. The largest absolute Gasteiger partial charge is 0.497 e. The van der Waals surface area contributed by atoms with Crippen molar-refractivity contribution < 1.29 is 14.3 Å². The van der Waals surface area contributed by atoms with Gasteiger partial charge in [0.1, 0.15) is 17.3 Å². The van der Waals surface area contributed by atoms with Gasteiger partial charge in [-0.05, 0) is 36.4 Å². The smallest absolute Gasteiger partial charge is 0.255 e. The Morgan fingerprint density at radius 1 is 1.00 bits per heavy atom. The van der Waals surface area contributed by atoms with Crippen LogP contribution in [0.4, 0.5) is 11.5 Å². The molecule has 1 amide bonds. The fourth-order valence-electron chi connectivity index (χ4n) is 2.45. The summed E-state index contributed by atoms with van der Waals surface area (Å²) in [6.45, 7) is 0.519. The number of nitrogens with one attached hydrogen (secondary N) is 2. The lowest BCUT2D eigenvalue weighted by molar-refractivity contribution is 0.102. The first-order valence-electron chi connectivity index (χ1n) is 8.33. The second-order valence-electron chi connectivity index (χ2n) is 5.62. The molecule has 1 aromatic carbocycles. The minimum Gasteiger partial charge on any atom is -0.497 e. The Hall–Kier alpha value is -3.61. The lowest BCUT2D eigenvalue weighted by Gasteiger charge is -2.12. The quantitative estimate of drug-likeness (QED) is 0.669. The van der Waals surface area contributed by atoms with Gasteiger partial charge in [0.05, 0.1) is 32.1 Å². The highest BCUT2D eigenvalue weighted by molar-refractivity contribution is 6.05. The van der Waals surface area contributed by atoms with Crippen LogP contribution in [0.15, 0.2) is 60.9 Å². The van der Waals surface area contributed by atoms with E-state index in [4.69, 9.17) is 9.47 Å². The van der Waals surface area contributed by atoms with Crippen molar-refractivity contribution in [3.8, 4) is 11.5 Å². The number of carbonyl (C=O) groups is 1. The van der Waals surface area contributed by atoms with Gasteiger partial charge >= 0.3 is 0 Å². The molecule has 7 heteroatoms. The molecule has 0 aliphatic carbocycles. The average Bonchev–Trinajstić information content (AvgIpc) is 2.73. The number of benzene rings is 1. The summed E-state index contributed by atoms with van der Waals surface area (Å²) in [6.07, 6.45) is 3.32. The fraction of sp³-hybridized carbons (Fsp3) is 0.150. The van der Waals surface area contributed by atoms with Crippen molar-refractivity contribution in [2.75, 3.05) is 24.9 Å². The minimum absolute atomic E-state index is 0.262. The van der Waals surface area contributed by atoms with Crippen LogP contribution in [-0.4, -0.2) is 30.1 Å². The van der Waals surface area contributed by atoms with Gasteiger partial charge in [-0.2, -0.15) is 0 Å². The predicted octanol–water partition coefficient (Wildman–Crippen LogP) is 3.36. The molecule has 3 rings (SSSR count). The molecule has 0 bridgehead atoms. The van der Waals surface area contributed by atoms with Crippen LogP contribution in [0.25, 0.3) is 0 Å². The van der Waals surface area contributed by atoms with Crippen LogP contribution < -0.4 is 20.1 Å². The van der Waals surface area contributed by atoms with E-state index < -0.39 is 0 Å². The number of carbonyl (C=O) groups excluding carboxylic acids is 1. The third-order valence-electron chi connectivity index (χ3n) is 3.86. The highest BCUT2D eigenvalue weighted by Gasteiger charge is 2.12. The number of rotatable bonds is 7. The molecule has 2 heterocycles. The molecule has 0 radical (unpaired) electrons. The zero-order valence-corrected chi connectivity index (χ0v) is 15.1. The van der Waals surface area contributed by atoms with Crippen LogP contribution in [0.2, 0.25) is 0 Å². The van der Waals surface area contributed by atoms with Gasteiger partial charge in [-0.25, -0.2) is 4.98 Å². The topological polar surface area (TPSA) is 85.4 Å². The SMILES string of the molecule is COc1ccc(NC(=O)c2ccnc(NCc3ccccn3)c2)c(OC)c1. The molecule has 3 aromatic rings. The van der Waals surface area contributed by atoms with Crippen molar-refractivity contribution in [2.24, 2.45) is 0 Å². The Morgan fingerprint density at radius 3 is 2.63 bits per heavy atom. The zero-order chi connectivity index (χ0) is 19.1. The van der Waals surface area contributed by atoms with Crippen LogP contribution in [-0.2, 0) is 6.54 Å². The van der Waals surface area contributed by atoms with Crippen LogP contribution in [0.5, 0.6) is 11.5 Å². The molecule has 2 N–H and O–H groups in total. The minimum atomic E-state index is -0.262. The van der Waals surface area contributed by atoms with Crippen molar-refractivity contribution in [3.63, 3.8) is 0 Å². The van der Waals surface area contributed by atoms with Crippen LogP contribution in [0.3, 0.4) is 0 Å². The second kappa shape index (κ2) is 8.66. The van der Waals surface area contributed by atoms with Crippen LogP contribution in [0, 0.1) is 0 Å². The Bertz CT molecular complexity index is 916. The van der Waals surface area contributed by atoms with Crippen molar-refractivity contribution in [2.45, 2.75) is 6.54 Å². The van der Waals surface area contributed by atoms with E-state index in [1.807, 2.05) is 18.2 Å². The van der Waals surface area contributed by atoms with Crippen LogP contribution in [0.1, 0.15) is 16.1 Å². The van der Waals surface area contributed by atoms with Gasteiger partial charge in [0, 0.05) is 24.0 Å². The highest BCUT2D eigenvalue weighted by atomic mass is 16.5. The molecule has 0 unspecified atom stereocenters. The number of aromatic nitrogens is 2. The van der Waals surface area contributed by atoms with E-state index in [1.165, 1.54) is 7.11 Å². The lowest BCUT2D eigenvalue weighted by atomic mass is 10.2. The maximum Gasteiger partial charge on any atom is 0.255 e.